The van der Waals surface area contributed by atoms with Crippen LogP contribution in [0.1, 0.15) is 6.92 Å². The van der Waals surface area contributed by atoms with Crippen LogP contribution in [0.4, 0.5) is 8.78 Å². The fourth-order valence-electron chi connectivity index (χ4n) is 0.805. The molecule has 0 rings (SSSR count). The minimum absolute atomic E-state index is 0.0292. The first-order valence-corrected chi connectivity index (χ1v) is 4.25. The topological polar surface area (TPSA) is 46.6 Å². The zero-order valence-electron chi connectivity index (χ0n) is 8.79. The Morgan fingerprint density at radius 3 is 2.33 bits per heavy atom. The van der Waals surface area contributed by atoms with Crippen LogP contribution in [0.5, 0.6) is 0 Å². The molecule has 86 valence electrons. The molecule has 0 N–H and O–H groups in total. The Bertz CT molecular complexity index is 275. The summed E-state index contributed by atoms with van der Waals surface area (Å²) in [6.45, 7) is 1.46. The fourth-order valence-corrected chi connectivity index (χ4v) is 0.805. The molecule has 0 saturated heterocycles. The van der Waals surface area contributed by atoms with Gasteiger partial charge in [-0.1, -0.05) is 0 Å². The summed E-state index contributed by atoms with van der Waals surface area (Å²) < 4.78 is 30.4. The first-order valence-electron chi connectivity index (χ1n) is 4.25. The van der Waals surface area contributed by atoms with Crippen LogP contribution in [0.25, 0.3) is 0 Å². The number of nitrogens with zero attached hydrogens (tertiary/aromatic N) is 1. The number of aldehydes is 1. The SMILES string of the molecule is CCOC(=O)C(=CN(C)C)C(F)(F)C=O. The van der Waals surface area contributed by atoms with Crippen LogP contribution in [0.15, 0.2) is 11.8 Å². The summed E-state index contributed by atoms with van der Waals surface area (Å²) in [7, 11) is 2.92. The third-order valence-electron chi connectivity index (χ3n) is 1.39. The van der Waals surface area contributed by atoms with Gasteiger partial charge in [0, 0.05) is 20.3 Å². The van der Waals surface area contributed by atoms with E-state index in [2.05, 4.69) is 4.74 Å². The van der Waals surface area contributed by atoms with Gasteiger partial charge < -0.3 is 9.64 Å². The smallest absolute Gasteiger partial charge is 0.342 e. The number of carbonyl (C=O) groups is 2. The number of hydrogen-bond acceptors (Lipinski definition) is 4. The molecule has 0 aromatic carbocycles. The van der Waals surface area contributed by atoms with Crippen LogP contribution < -0.4 is 0 Å². The van der Waals surface area contributed by atoms with Gasteiger partial charge in [-0.15, -0.1) is 0 Å². The number of alkyl halides is 2. The van der Waals surface area contributed by atoms with Crippen LogP contribution in [0.3, 0.4) is 0 Å². The van der Waals surface area contributed by atoms with E-state index in [0.29, 0.717) is 0 Å². The van der Waals surface area contributed by atoms with E-state index in [1.54, 1.807) is 0 Å². The van der Waals surface area contributed by atoms with Crippen molar-refractivity contribution in [1.82, 2.24) is 4.90 Å². The van der Waals surface area contributed by atoms with Crippen LogP contribution in [0.2, 0.25) is 0 Å². The maximum absolute atomic E-state index is 13.0. The Balaban J connectivity index is 5.07. The lowest BCUT2D eigenvalue weighted by Crippen LogP contribution is -2.29. The Kier molecular flexibility index (Phi) is 4.90. The number of hydrogen-bond donors (Lipinski definition) is 0. The summed E-state index contributed by atoms with van der Waals surface area (Å²) in [4.78, 5) is 22.5. The molecule has 0 spiro atoms. The van der Waals surface area contributed by atoms with E-state index >= 15 is 0 Å². The van der Waals surface area contributed by atoms with Crippen LogP contribution in [-0.4, -0.2) is 43.8 Å². The molecular weight excluding hydrogens is 208 g/mol. The van der Waals surface area contributed by atoms with E-state index in [-0.39, 0.29) is 6.61 Å². The Morgan fingerprint density at radius 2 is 2.00 bits per heavy atom. The highest BCUT2D eigenvalue weighted by Gasteiger charge is 2.39. The van der Waals surface area contributed by atoms with Gasteiger partial charge in [-0.25, -0.2) is 4.79 Å². The first kappa shape index (κ1) is 13.5. The Morgan fingerprint density at radius 1 is 1.47 bits per heavy atom. The second kappa shape index (κ2) is 5.43. The van der Waals surface area contributed by atoms with Crippen LogP contribution in [0, 0.1) is 0 Å². The summed E-state index contributed by atoms with van der Waals surface area (Å²) >= 11 is 0. The standard InChI is InChI=1S/C9H13F2NO3/c1-4-15-8(14)7(5-12(2)3)9(10,11)6-13/h5-6H,4H2,1-3H3. The molecule has 0 aliphatic rings. The molecule has 0 aliphatic heterocycles. The first-order chi connectivity index (χ1) is 6.85. The van der Waals surface area contributed by atoms with Gasteiger partial charge in [0.2, 0.25) is 0 Å². The highest BCUT2D eigenvalue weighted by molar-refractivity contribution is 5.95. The lowest BCUT2D eigenvalue weighted by atomic mass is 10.1. The highest BCUT2D eigenvalue weighted by Crippen LogP contribution is 2.22. The van der Waals surface area contributed by atoms with Gasteiger partial charge >= 0.3 is 11.9 Å². The van der Waals surface area contributed by atoms with Crippen molar-refractivity contribution < 1.29 is 23.1 Å². The average Bonchev–Trinajstić information content (AvgIpc) is 2.14. The van der Waals surface area contributed by atoms with Crippen molar-refractivity contribution in [2.24, 2.45) is 0 Å². The molecule has 0 fully saturated rings. The molecule has 0 heterocycles. The van der Waals surface area contributed by atoms with Crippen molar-refractivity contribution in [2.75, 3.05) is 20.7 Å². The second-order valence-electron chi connectivity index (χ2n) is 2.97. The summed E-state index contributed by atoms with van der Waals surface area (Å²) in [6.07, 6.45) is 0.283. The fraction of sp³-hybridized carbons (Fsp3) is 0.556. The van der Waals surface area contributed by atoms with Crippen molar-refractivity contribution in [3.63, 3.8) is 0 Å². The normalized spacial score (nSPS) is 12.2. The third-order valence-corrected chi connectivity index (χ3v) is 1.39. The van der Waals surface area contributed by atoms with E-state index in [1.807, 2.05) is 0 Å². The van der Waals surface area contributed by atoms with Gasteiger partial charge in [-0.2, -0.15) is 8.78 Å². The molecular formula is C9H13F2NO3. The zero-order valence-corrected chi connectivity index (χ0v) is 8.79. The molecule has 4 nitrogen and oxygen atoms in total. The van der Waals surface area contributed by atoms with Crippen LogP contribution in [-0.2, 0) is 14.3 Å². The zero-order chi connectivity index (χ0) is 12.1. The van der Waals surface area contributed by atoms with Gasteiger partial charge in [0.15, 0.2) is 6.29 Å². The van der Waals surface area contributed by atoms with Crippen molar-refractivity contribution in [3.05, 3.63) is 11.8 Å². The van der Waals surface area contributed by atoms with Gasteiger partial charge in [0.25, 0.3) is 0 Å². The average molecular weight is 221 g/mol. The highest BCUT2D eigenvalue weighted by atomic mass is 19.3. The minimum atomic E-state index is -3.82. The van der Waals surface area contributed by atoms with Crippen molar-refractivity contribution >= 4 is 12.3 Å². The molecule has 0 atom stereocenters. The van der Waals surface area contributed by atoms with Gasteiger partial charge in [-0.3, -0.25) is 4.79 Å². The van der Waals surface area contributed by atoms with Crippen molar-refractivity contribution in [3.8, 4) is 0 Å². The summed E-state index contributed by atoms with van der Waals surface area (Å²) in [5.74, 6) is -5.01. The van der Waals surface area contributed by atoms with Crippen molar-refractivity contribution in [2.45, 2.75) is 12.8 Å². The molecule has 0 aromatic heterocycles. The van der Waals surface area contributed by atoms with E-state index in [0.717, 1.165) is 6.20 Å². The number of rotatable bonds is 5. The Labute approximate surface area is 86.5 Å². The maximum atomic E-state index is 13.0. The number of esters is 1. The molecule has 0 amide bonds. The second-order valence-corrected chi connectivity index (χ2v) is 2.97. The van der Waals surface area contributed by atoms with E-state index in [4.69, 9.17) is 0 Å². The summed E-state index contributed by atoms with van der Waals surface area (Å²) in [5, 5.41) is 0. The molecule has 0 radical (unpaired) electrons. The predicted octanol–water partition coefficient (Wildman–Crippen LogP) is 0.829. The van der Waals surface area contributed by atoms with Gasteiger partial charge in [-0.05, 0) is 6.92 Å². The maximum Gasteiger partial charge on any atom is 0.342 e. The Hall–Kier alpha value is -1.46. The van der Waals surface area contributed by atoms with Gasteiger partial charge in [0.1, 0.15) is 5.57 Å². The lowest BCUT2D eigenvalue weighted by Gasteiger charge is -2.15. The lowest BCUT2D eigenvalue weighted by molar-refractivity contribution is -0.145. The third kappa shape index (κ3) is 4.05. The predicted molar refractivity (Wildman–Crippen MR) is 49.4 cm³/mol. The number of carbonyl (C=O) groups excluding carboxylic acids is 2. The molecule has 0 saturated carbocycles. The molecule has 6 heteroatoms. The molecule has 15 heavy (non-hydrogen) atoms. The quantitative estimate of drug-likeness (QED) is 0.392. The summed E-state index contributed by atoms with van der Waals surface area (Å²) in [6, 6.07) is 0. The monoisotopic (exact) mass is 221 g/mol. The number of ether oxygens (including phenoxy) is 1. The van der Waals surface area contributed by atoms with Crippen molar-refractivity contribution in [1.29, 1.82) is 0 Å². The molecule has 0 aliphatic carbocycles. The molecule has 0 aromatic rings. The molecule has 0 bridgehead atoms. The largest absolute Gasteiger partial charge is 0.462 e. The summed E-state index contributed by atoms with van der Waals surface area (Å²) in [5.41, 5.74) is -0.968. The van der Waals surface area contributed by atoms with E-state index in [9.17, 15) is 18.4 Å². The minimum Gasteiger partial charge on any atom is -0.462 e. The van der Waals surface area contributed by atoms with E-state index < -0.39 is 23.8 Å². The molecule has 0 unspecified atom stereocenters. The van der Waals surface area contributed by atoms with E-state index in [1.165, 1.54) is 25.9 Å². The number of halogens is 2. The van der Waals surface area contributed by atoms with Gasteiger partial charge in [0.05, 0.1) is 6.61 Å². The van der Waals surface area contributed by atoms with Crippen LogP contribution >= 0.6 is 0 Å².